The van der Waals surface area contributed by atoms with Gasteiger partial charge in [-0.2, -0.15) is 9.97 Å². The summed E-state index contributed by atoms with van der Waals surface area (Å²) in [5.74, 6) is 0.674. The summed E-state index contributed by atoms with van der Waals surface area (Å²) in [6.07, 6.45) is -5.06. The SMILES string of the molecule is CC(C)OC(=O)OCOP(=O)(COC[C@H]1O[C@@H](n2ccc3c(N4CCCC4)nc(Cl)nc32)[C@H](O)[C@@H]1O)OCOC(=O)OC(C)C. The van der Waals surface area contributed by atoms with Gasteiger partial charge in [-0.3, -0.25) is 13.6 Å². The first-order valence-corrected chi connectivity index (χ1v) is 16.4. The maximum atomic E-state index is 13.3. The Labute approximate surface area is 264 Å². The number of rotatable bonds is 14. The van der Waals surface area contributed by atoms with Crippen molar-refractivity contribution < 1.29 is 61.8 Å². The number of aliphatic hydroxyl groups is 2. The molecule has 4 atom stereocenters. The van der Waals surface area contributed by atoms with Crippen LogP contribution in [-0.4, -0.2) is 107 Å². The number of hydrogen-bond donors (Lipinski definition) is 2. The van der Waals surface area contributed by atoms with Gasteiger partial charge in [0.1, 0.15) is 36.1 Å². The standard InChI is InChI=1S/C26H38ClN4O13P/c1-15(2)42-25(34)38-12-40-45(36,41-13-39-26(35)43-16(3)4)14-37-11-18-19(32)20(33)23(44-18)31-10-7-17-21(30-8-5-6-9-30)28-24(27)29-22(17)31/h7,10,15-16,18-20,23,32-33H,5-6,8-9,11-14H2,1-4H3/t18-,19-,20-,23-/m1/s1. The van der Waals surface area contributed by atoms with Crippen LogP contribution < -0.4 is 4.90 Å². The lowest BCUT2D eigenvalue weighted by atomic mass is 10.1. The number of carbonyl (C=O) groups is 2. The minimum absolute atomic E-state index is 0.0240. The van der Waals surface area contributed by atoms with Gasteiger partial charge in [-0.05, 0) is 58.2 Å². The molecule has 2 N–H and O–H groups in total. The average Bonchev–Trinajstić information content (AvgIpc) is 3.69. The van der Waals surface area contributed by atoms with E-state index in [1.807, 2.05) is 0 Å². The van der Waals surface area contributed by atoms with Crippen LogP contribution in [0.25, 0.3) is 11.0 Å². The van der Waals surface area contributed by atoms with Crippen molar-refractivity contribution in [2.45, 2.75) is 77.3 Å². The van der Waals surface area contributed by atoms with Gasteiger partial charge in [-0.1, -0.05) is 0 Å². The molecule has 2 saturated heterocycles. The lowest BCUT2D eigenvalue weighted by Gasteiger charge is -2.20. The molecule has 0 aliphatic carbocycles. The summed E-state index contributed by atoms with van der Waals surface area (Å²) in [5.41, 5.74) is 0.410. The number of hydrogen-bond acceptors (Lipinski definition) is 16. The number of fused-ring (bicyclic) bond motifs is 1. The van der Waals surface area contributed by atoms with Crippen LogP contribution in [0.4, 0.5) is 15.4 Å². The highest BCUT2D eigenvalue weighted by Crippen LogP contribution is 2.48. The van der Waals surface area contributed by atoms with Gasteiger partial charge in [-0.25, -0.2) is 9.59 Å². The average molecular weight is 681 g/mol. The lowest BCUT2D eigenvalue weighted by Crippen LogP contribution is -2.34. The molecular weight excluding hydrogens is 643 g/mol. The number of nitrogens with zero attached hydrogens (tertiary/aromatic N) is 4. The maximum Gasteiger partial charge on any atom is 0.510 e. The van der Waals surface area contributed by atoms with E-state index in [1.54, 1.807) is 44.5 Å². The molecule has 45 heavy (non-hydrogen) atoms. The Bertz CT molecular complexity index is 1320. The molecule has 0 unspecified atom stereocenters. The fourth-order valence-corrected chi connectivity index (χ4v) is 5.76. The highest BCUT2D eigenvalue weighted by Gasteiger charge is 2.45. The van der Waals surface area contributed by atoms with Gasteiger partial charge in [0.25, 0.3) is 0 Å². The summed E-state index contributed by atoms with van der Waals surface area (Å²) in [6, 6.07) is 1.79. The molecule has 4 heterocycles. The minimum Gasteiger partial charge on any atom is -0.432 e. The monoisotopic (exact) mass is 680 g/mol. The topological polar surface area (TPSA) is 199 Å². The Morgan fingerprint density at radius 2 is 1.62 bits per heavy atom. The van der Waals surface area contributed by atoms with Crippen LogP contribution in [0, 0.1) is 0 Å². The number of anilines is 1. The normalized spacial score (nSPS) is 22.0. The smallest absolute Gasteiger partial charge is 0.432 e. The molecule has 2 aliphatic heterocycles. The summed E-state index contributed by atoms with van der Waals surface area (Å²) in [7, 11) is -4.24. The van der Waals surface area contributed by atoms with Gasteiger partial charge in [-0.15, -0.1) is 0 Å². The lowest BCUT2D eigenvalue weighted by molar-refractivity contribution is -0.0651. The number of ether oxygens (including phenoxy) is 6. The minimum atomic E-state index is -4.24. The van der Waals surface area contributed by atoms with Crippen LogP contribution >= 0.6 is 19.2 Å². The largest absolute Gasteiger partial charge is 0.510 e. The van der Waals surface area contributed by atoms with E-state index in [0.29, 0.717) is 16.9 Å². The summed E-state index contributed by atoms with van der Waals surface area (Å²) in [6.45, 7) is 6.02. The Morgan fingerprint density at radius 1 is 1.02 bits per heavy atom. The Balaban J connectivity index is 1.38. The number of aliphatic hydroxyl groups excluding tert-OH is 2. The Kier molecular flexibility index (Phi) is 12.2. The second-order valence-corrected chi connectivity index (χ2v) is 13.1. The van der Waals surface area contributed by atoms with Crippen LogP contribution in [0.5, 0.6) is 0 Å². The van der Waals surface area contributed by atoms with E-state index in [4.69, 9.17) is 49.1 Å². The van der Waals surface area contributed by atoms with Gasteiger partial charge >= 0.3 is 19.9 Å². The van der Waals surface area contributed by atoms with E-state index in [0.717, 1.165) is 25.9 Å². The first-order valence-electron chi connectivity index (χ1n) is 14.3. The van der Waals surface area contributed by atoms with Gasteiger partial charge in [0.15, 0.2) is 6.23 Å². The zero-order valence-electron chi connectivity index (χ0n) is 25.3. The molecule has 0 spiro atoms. The molecular formula is C26H38ClN4O13P. The highest BCUT2D eigenvalue weighted by molar-refractivity contribution is 7.53. The number of carbonyl (C=O) groups excluding carboxylic acids is 2. The van der Waals surface area contributed by atoms with Crippen LogP contribution in [0.1, 0.15) is 46.8 Å². The third-order valence-electron chi connectivity index (χ3n) is 6.59. The third-order valence-corrected chi connectivity index (χ3v) is 8.25. The van der Waals surface area contributed by atoms with E-state index in [9.17, 15) is 24.4 Å². The van der Waals surface area contributed by atoms with Gasteiger partial charge in [0.05, 0.1) is 24.2 Å². The van der Waals surface area contributed by atoms with E-state index in [1.165, 1.54) is 0 Å². The molecule has 4 rings (SSSR count). The molecule has 19 heteroatoms. The van der Waals surface area contributed by atoms with E-state index >= 15 is 0 Å². The quantitative estimate of drug-likeness (QED) is 0.127. The van der Waals surface area contributed by atoms with Crippen molar-refractivity contribution in [2.75, 3.05) is 44.5 Å². The zero-order valence-corrected chi connectivity index (χ0v) is 26.9. The molecule has 0 radical (unpaired) electrons. The van der Waals surface area contributed by atoms with Crippen LogP contribution in [-0.2, 0) is 42.0 Å². The molecule has 2 fully saturated rings. The predicted molar refractivity (Wildman–Crippen MR) is 156 cm³/mol. The third kappa shape index (κ3) is 9.39. The first kappa shape index (κ1) is 35.1. The Morgan fingerprint density at radius 3 is 2.20 bits per heavy atom. The molecule has 2 aliphatic rings. The molecule has 0 bridgehead atoms. The van der Waals surface area contributed by atoms with Crippen molar-refractivity contribution in [3.63, 3.8) is 0 Å². The molecule has 0 saturated carbocycles. The second-order valence-electron chi connectivity index (χ2n) is 10.7. The highest BCUT2D eigenvalue weighted by atomic mass is 35.5. The van der Waals surface area contributed by atoms with E-state index in [2.05, 4.69) is 14.9 Å². The predicted octanol–water partition coefficient (Wildman–Crippen LogP) is 3.54. The molecule has 0 amide bonds. The van der Waals surface area contributed by atoms with Crippen molar-refractivity contribution in [1.82, 2.24) is 14.5 Å². The summed E-state index contributed by atoms with van der Waals surface area (Å²) in [4.78, 5) is 34.1. The van der Waals surface area contributed by atoms with Gasteiger partial charge in [0.2, 0.25) is 18.9 Å². The molecule has 0 aromatic carbocycles. The first-order chi connectivity index (χ1) is 21.4. The van der Waals surface area contributed by atoms with E-state index < -0.39 is 76.6 Å². The molecule has 2 aromatic rings. The van der Waals surface area contributed by atoms with Crippen LogP contribution in [0.3, 0.4) is 0 Å². The molecule has 252 valence electrons. The van der Waals surface area contributed by atoms with Crippen molar-refractivity contribution in [3.8, 4) is 0 Å². The Hall–Kier alpha value is -2.76. The maximum absolute atomic E-state index is 13.3. The van der Waals surface area contributed by atoms with Crippen LogP contribution in [0.15, 0.2) is 12.3 Å². The van der Waals surface area contributed by atoms with Crippen molar-refractivity contribution >= 4 is 48.4 Å². The summed E-state index contributed by atoms with van der Waals surface area (Å²) in [5, 5.41) is 22.3. The summed E-state index contributed by atoms with van der Waals surface area (Å²) < 4.78 is 55.6. The van der Waals surface area contributed by atoms with Crippen molar-refractivity contribution in [2.24, 2.45) is 0 Å². The van der Waals surface area contributed by atoms with Gasteiger partial charge < -0.3 is 48.1 Å². The van der Waals surface area contributed by atoms with Crippen molar-refractivity contribution in [3.05, 3.63) is 17.5 Å². The van der Waals surface area contributed by atoms with Crippen LogP contribution in [0.2, 0.25) is 5.28 Å². The fraction of sp³-hybridized carbons (Fsp3) is 0.692. The molecule has 17 nitrogen and oxygen atoms in total. The van der Waals surface area contributed by atoms with Crippen molar-refractivity contribution in [1.29, 1.82) is 0 Å². The number of halogens is 1. The molecule has 2 aromatic heterocycles. The van der Waals surface area contributed by atoms with Gasteiger partial charge in [0, 0.05) is 19.3 Å². The second kappa shape index (κ2) is 15.7. The zero-order chi connectivity index (χ0) is 32.7. The fourth-order valence-electron chi connectivity index (χ4n) is 4.62. The number of aromatic nitrogens is 3. The van der Waals surface area contributed by atoms with E-state index in [-0.39, 0.29) is 11.9 Å². The summed E-state index contributed by atoms with van der Waals surface area (Å²) >= 11 is 6.24.